The van der Waals surface area contributed by atoms with Crippen LogP contribution in [-0.2, 0) is 6.42 Å². The van der Waals surface area contributed by atoms with Crippen LogP contribution in [-0.4, -0.2) is 12.5 Å². The van der Waals surface area contributed by atoms with E-state index in [1.807, 2.05) is 28.5 Å². The summed E-state index contributed by atoms with van der Waals surface area (Å²) in [5, 5.41) is 2.51. The summed E-state index contributed by atoms with van der Waals surface area (Å²) in [4.78, 5) is 14.3. The molecule has 0 bridgehead atoms. The standard InChI is InChI=1S/C14H14N2OS/c15-13-8-11(9-18-13)14(17)16-7-3-5-10-4-1-2-6-12(10)16/h1-2,4,6,8-9H,3,5,7,15H2. The van der Waals surface area contributed by atoms with Gasteiger partial charge >= 0.3 is 0 Å². The Morgan fingerprint density at radius 1 is 1.33 bits per heavy atom. The number of benzene rings is 1. The Morgan fingerprint density at radius 3 is 2.94 bits per heavy atom. The van der Waals surface area contributed by atoms with Gasteiger partial charge in [0.1, 0.15) is 0 Å². The molecule has 0 unspecified atom stereocenters. The highest BCUT2D eigenvalue weighted by molar-refractivity contribution is 7.14. The van der Waals surface area contributed by atoms with Crippen LogP contribution < -0.4 is 10.6 Å². The maximum atomic E-state index is 12.5. The summed E-state index contributed by atoms with van der Waals surface area (Å²) in [6.07, 6.45) is 2.06. The van der Waals surface area contributed by atoms with Gasteiger partial charge < -0.3 is 10.6 Å². The van der Waals surface area contributed by atoms with Crippen molar-refractivity contribution in [2.24, 2.45) is 0 Å². The van der Waals surface area contributed by atoms with Crippen molar-refractivity contribution in [3.8, 4) is 0 Å². The molecule has 0 spiro atoms. The minimum atomic E-state index is 0.0510. The lowest BCUT2D eigenvalue weighted by Crippen LogP contribution is -2.35. The summed E-state index contributed by atoms with van der Waals surface area (Å²) in [7, 11) is 0. The van der Waals surface area contributed by atoms with Crippen LogP contribution in [0.5, 0.6) is 0 Å². The van der Waals surface area contributed by atoms with E-state index in [1.54, 1.807) is 6.07 Å². The Balaban J connectivity index is 1.96. The van der Waals surface area contributed by atoms with Crippen LogP contribution in [0.1, 0.15) is 22.3 Å². The zero-order chi connectivity index (χ0) is 12.5. The molecule has 0 fully saturated rings. The fourth-order valence-electron chi connectivity index (χ4n) is 2.37. The predicted molar refractivity (Wildman–Crippen MR) is 75.2 cm³/mol. The highest BCUT2D eigenvalue weighted by Crippen LogP contribution is 2.29. The van der Waals surface area contributed by atoms with Gasteiger partial charge in [-0.15, -0.1) is 11.3 Å². The SMILES string of the molecule is Nc1cc(C(=O)N2CCCc3ccccc32)cs1. The molecule has 2 heterocycles. The molecular formula is C14H14N2OS. The van der Waals surface area contributed by atoms with E-state index in [-0.39, 0.29) is 5.91 Å². The molecular weight excluding hydrogens is 244 g/mol. The number of nitrogens with two attached hydrogens (primary N) is 1. The zero-order valence-corrected chi connectivity index (χ0v) is 10.7. The van der Waals surface area contributed by atoms with Crippen molar-refractivity contribution >= 4 is 27.9 Å². The second kappa shape index (κ2) is 4.46. The highest BCUT2D eigenvalue weighted by Gasteiger charge is 2.23. The van der Waals surface area contributed by atoms with Crippen molar-refractivity contribution in [3.05, 3.63) is 46.8 Å². The van der Waals surface area contributed by atoms with Gasteiger partial charge in [-0.25, -0.2) is 0 Å². The van der Waals surface area contributed by atoms with Gasteiger partial charge in [0.05, 0.1) is 10.6 Å². The lowest BCUT2D eigenvalue weighted by atomic mass is 10.0. The van der Waals surface area contributed by atoms with Crippen molar-refractivity contribution in [2.75, 3.05) is 17.2 Å². The number of rotatable bonds is 1. The first-order chi connectivity index (χ1) is 8.75. The molecule has 3 rings (SSSR count). The third-order valence-electron chi connectivity index (χ3n) is 3.22. The van der Waals surface area contributed by atoms with Crippen LogP contribution in [0.3, 0.4) is 0 Å². The fraction of sp³-hybridized carbons (Fsp3) is 0.214. The average molecular weight is 258 g/mol. The normalized spacial score (nSPS) is 14.3. The number of hydrogen-bond donors (Lipinski definition) is 1. The molecule has 1 aliphatic rings. The van der Waals surface area contributed by atoms with Gasteiger partial charge in [0, 0.05) is 17.6 Å². The molecule has 0 atom stereocenters. The quantitative estimate of drug-likeness (QED) is 0.855. The van der Waals surface area contributed by atoms with Gasteiger partial charge in [-0.05, 0) is 30.5 Å². The molecule has 1 aromatic heterocycles. The minimum Gasteiger partial charge on any atom is -0.391 e. The van der Waals surface area contributed by atoms with Gasteiger partial charge in [-0.1, -0.05) is 18.2 Å². The Hall–Kier alpha value is -1.81. The zero-order valence-electron chi connectivity index (χ0n) is 9.93. The van der Waals surface area contributed by atoms with Crippen molar-refractivity contribution in [1.82, 2.24) is 0 Å². The summed E-state index contributed by atoms with van der Waals surface area (Å²) in [5.41, 5.74) is 8.67. The number of aryl methyl sites for hydroxylation is 1. The van der Waals surface area contributed by atoms with E-state index >= 15 is 0 Å². The lowest BCUT2D eigenvalue weighted by Gasteiger charge is -2.29. The van der Waals surface area contributed by atoms with E-state index in [0.717, 1.165) is 25.1 Å². The van der Waals surface area contributed by atoms with Gasteiger partial charge in [0.15, 0.2) is 0 Å². The average Bonchev–Trinajstić information content (AvgIpc) is 2.84. The van der Waals surface area contributed by atoms with Crippen LogP contribution in [0.2, 0.25) is 0 Å². The second-order valence-corrected chi connectivity index (χ2v) is 5.37. The van der Waals surface area contributed by atoms with Crippen LogP contribution >= 0.6 is 11.3 Å². The van der Waals surface area contributed by atoms with Gasteiger partial charge in [-0.3, -0.25) is 4.79 Å². The Morgan fingerprint density at radius 2 is 2.17 bits per heavy atom. The number of anilines is 2. The number of nitrogens with zero attached hydrogens (tertiary/aromatic N) is 1. The Kier molecular flexibility index (Phi) is 2.80. The van der Waals surface area contributed by atoms with Crippen molar-refractivity contribution in [1.29, 1.82) is 0 Å². The summed E-state index contributed by atoms with van der Waals surface area (Å²) < 4.78 is 0. The van der Waals surface area contributed by atoms with Crippen molar-refractivity contribution in [2.45, 2.75) is 12.8 Å². The lowest BCUT2D eigenvalue weighted by molar-refractivity contribution is 0.0985. The molecule has 4 heteroatoms. The molecule has 0 saturated carbocycles. The van der Waals surface area contributed by atoms with Gasteiger partial charge in [0.25, 0.3) is 5.91 Å². The smallest absolute Gasteiger partial charge is 0.259 e. The molecule has 0 radical (unpaired) electrons. The maximum Gasteiger partial charge on any atom is 0.259 e. The number of carbonyl (C=O) groups excluding carboxylic acids is 1. The monoisotopic (exact) mass is 258 g/mol. The number of hydrogen-bond acceptors (Lipinski definition) is 3. The highest BCUT2D eigenvalue weighted by atomic mass is 32.1. The third-order valence-corrected chi connectivity index (χ3v) is 3.98. The van der Waals surface area contributed by atoms with Gasteiger partial charge in [0.2, 0.25) is 0 Å². The molecule has 92 valence electrons. The first-order valence-electron chi connectivity index (χ1n) is 5.99. The van der Waals surface area contributed by atoms with E-state index in [2.05, 4.69) is 6.07 Å². The summed E-state index contributed by atoms with van der Waals surface area (Å²) >= 11 is 1.41. The molecule has 0 saturated heterocycles. The molecule has 1 aliphatic heterocycles. The number of para-hydroxylation sites is 1. The second-order valence-electron chi connectivity index (χ2n) is 4.43. The maximum absolute atomic E-state index is 12.5. The van der Waals surface area contributed by atoms with E-state index in [1.165, 1.54) is 16.9 Å². The molecule has 1 aromatic carbocycles. The Bertz CT molecular complexity index is 591. The summed E-state index contributed by atoms with van der Waals surface area (Å²) in [6, 6.07) is 9.87. The molecule has 18 heavy (non-hydrogen) atoms. The number of amides is 1. The van der Waals surface area contributed by atoms with Crippen LogP contribution in [0.25, 0.3) is 0 Å². The predicted octanol–water partition coefficient (Wildman–Crippen LogP) is 2.92. The summed E-state index contributed by atoms with van der Waals surface area (Å²) in [5.74, 6) is 0.0510. The van der Waals surface area contributed by atoms with E-state index in [9.17, 15) is 4.79 Å². The van der Waals surface area contributed by atoms with Crippen LogP contribution in [0.15, 0.2) is 35.7 Å². The first kappa shape index (κ1) is 11.3. The van der Waals surface area contributed by atoms with Gasteiger partial charge in [-0.2, -0.15) is 0 Å². The minimum absolute atomic E-state index is 0.0510. The molecule has 2 N–H and O–H groups in total. The van der Waals surface area contributed by atoms with E-state index < -0.39 is 0 Å². The van der Waals surface area contributed by atoms with E-state index in [0.29, 0.717) is 10.6 Å². The number of carbonyl (C=O) groups is 1. The van der Waals surface area contributed by atoms with Crippen LogP contribution in [0, 0.1) is 0 Å². The third kappa shape index (κ3) is 1.88. The Labute approximate surface area is 110 Å². The fourth-order valence-corrected chi connectivity index (χ4v) is 2.99. The van der Waals surface area contributed by atoms with Crippen molar-refractivity contribution in [3.63, 3.8) is 0 Å². The molecule has 1 amide bonds. The number of thiophene rings is 1. The van der Waals surface area contributed by atoms with E-state index in [4.69, 9.17) is 5.73 Å². The topological polar surface area (TPSA) is 46.3 Å². The molecule has 0 aliphatic carbocycles. The number of fused-ring (bicyclic) bond motifs is 1. The summed E-state index contributed by atoms with van der Waals surface area (Å²) in [6.45, 7) is 0.783. The van der Waals surface area contributed by atoms with Crippen LogP contribution in [0.4, 0.5) is 10.7 Å². The molecule has 2 aromatic rings. The largest absolute Gasteiger partial charge is 0.391 e. The first-order valence-corrected chi connectivity index (χ1v) is 6.87. The number of nitrogen functional groups attached to an aromatic ring is 1. The molecule has 3 nitrogen and oxygen atoms in total. The van der Waals surface area contributed by atoms with Crippen molar-refractivity contribution < 1.29 is 4.79 Å².